The number of para-hydroxylation sites is 1. The minimum atomic E-state index is -0.0443. The molecule has 0 radical (unpaired) electrons. The number of carbonyl (C=O) groups excluding carboxylic acids is 1. The summed E-state index contributed by atoms with van der Waals surface area (Å²) in [6.07, 6.45) is 0. The molecule has 0 aliphatic heterocycles. The van der Waals surface area contributed by atoms with Crippen LogP contribution in [0, 0.1) is 13.8 Å². The van der Waals surface area contributed by atoms with E-state index < -0.39 is 0 Å². The van der Waals surface area contributed by atoms with Crippen molar-refractivity contribution >= 4 is 5.91 Å². The lowest BCUT2D eigenvalue weighted by molar-refractivity contribution is -0.135. The molecule has 3 rings (SSSR count). The first-order chi connectivity index (χ1) is 13.1. The zero-order chi connectivity index (χ0) is 19.2. The highest BCUT2D eigenvalue weighted by Gasteiger charge is 2.17. The highest BCUT2D eigenvalue weighted by molar-refractivity contribution is 5.77. The molecule has 3 aromatic rings. The first-order valence-corrected chi connectivity index (χ1v) is 9.02. The predicted octanol–water partition coefficient (Wildman–Crippen LogP) is 3.66. The number of hydrogen-bond acceptors (Lipinski definition) is 3. The second-order valence-electron chi connectivity index (χ2n) is 6.62. The molecule has 0 atom stereocenters. The van der Waals surface area contributed by atoms with Crippen LogP contribution in [0.3, 0.4) is 0 Å². The normalized spacial score (nSPS) is 10.8. The molecule has 0 N–H and O–H groups in total. The fraction of sp³-hybridized carbons (Fsp3) is 0.273. The Balaban J connectivity index is 1.61. The van der Waals surface area contributed by atoms with Gasteiger partial charge in [-0.2, -0.15) is 5.10 Å². The van der Waals surface area contributed by atoms with E-state index in [0.717, 1.165) is 28.2 Å². The Hall–Kier alpha value is -2.92. The average molecular weight is 363 g/mol. The largest absolute Gasteiger partial charge is 0.367 e. The van der Waals surface area contributed by atoms with E-state index >= 15 is 0 Å². The maximum atomic E-state index is 12.4. The highest BCUT2D eigenvalue weighted by atomic mass is 16.5. The zero-order valence-corrected chi connectivity index (χ0v) is 16.1. The number of nitrogens with zero attached hydrogens (tertiary/aromatic N) is 3. The molecule has 0 aliphatic rings. The number of ether oxygens (including phenoxy) is 1. The molecule has 1 heterocycles. The summed E-state index contributed by atoms with van der Waals surface area (Å²) in [5.74, 6) is -0.0443. The Kier molecular flexibility index (Phi) is 6.04. The molecule has 1 aromatic heterocycles. The maximum Gasteiger partial charge on any atom is 0.248 e. The van der Waals surface area contributed by atoms with Crippen molar-refractivity contribution < 1.29 is 9.53 Å². The van der Waals surface area contributed by atoms with E-state index in [-0.39, 0.29) is 12.5 Å². The van der Waals surface area contributed by atoms with Crippen molar-refractivity contribution in [2.75, 3.05) is 13.7 Å². The molecule has 5 nitrogen and oxygen atoms in total. The monoisotopic (exact) mass is 363 g/mol. The van der Waals surface area contributed by atoms with Crippen molar-refractivity contribution in [2.45, 2.75) is 27.0 Å². The predicted molar refractivity (Wildman–Crippen MR) is 106 cm³/mol. The quantitative estimate of drug-likeness (QED) is 0.644. The van der Waals surface area contributed by atoms with Gasteiger partial charge in [0.05, 0.1) is 18.0 Å². The van der Waals surface area contributed by atoms with Crippen LogP contribution in [0.25, 0.3) is 5.69 Å². The number of hydrogen-bond donors (Lipinski definition) is 0. The first kappa shape index (κ1) is 18.9. The van der Waals surface area contributed by atoms with Crippen molar-refractivity contribution in [3.05, 3.63) is 83.2 Å². The van der Waals surface area contributed by atoms with Crippen molar-refractivity contribution in [2.24, 2.45) is 0 Å². The van der Waals surface area contributed by atoms with Gasteiger partial charge in [0, 0.05) is 24.8 Å². The molecule has 0 saturated carbocycles. The molecule has 0 aliphatic carbocycles. The number of aromatic nitrogens is 2. The Labute approximate surface area is 160 Å². The Morgan fingerprint density at radius 2 is 1.67 bits per heavy atom. The molecule has 0 spiro atoms. The molecule has 140 valence electrons. The second kappa shape index (κ2) is 8.64. The molecule has 1 amide bonds. The third kappa shape index (κ3) is 4.63. The van der Waals surface area contributed by atoms with E-state index in [9.17, 15) is 4.79 Å². The van der Waals surface area contributed by atoms with Crippen LogP contribution in [0.2, 0.25) is 0 Å². The topological polar surface area (TPSA) is 47.4 Å². The molecule has 0 saturated heterocycles. The summed E-state index contributed by atoms with van der Waals surface area (Å²) >= 11 is 0. The first-order valence-electron chi connectivity index (χ1n) is 9.02. The summed E-state index contributed by atoms with van der Waals surface area (Å²) in [5, 5.41) is 4.64. The van der Waals surface area contributed by atoms with Crippen molar-refractivity contribution in [1.82, 2.24) is 14.7 Å². The maximum absolute atomic E-state index is 12.4. The van der Waals surface area contributed by atoms with Gasteiger partial charge in [0.25, 0.3) is 0 Å². The van der Waals surface area contributed by atoms with Gasteiger partial charge in [0.2, 0.25) is 5.91 Å². The van der Waals surface area contributed by atoms with Crippen LogP contribution in [0.5, 0.6) is 0 Å². The number of benzene rings is 2. The van der Waals surface area contributed by atoms with Gasteiger partial charge < -0.3 is 9.64 Å². The minimum absolute atomic E-state index is 0.0443. The number of rotatable bonds is 7. The van der Waals surface area contributed by atoms with Gasteiger partial charge in [-0.25, -0.2) is 4.68 Å². The summed E-state index contributed by atoms with van der Waals surface area (Å²) < 4.78 is 7.49. The number of carbonyl (C=O) groups is 1. The number of aryl methyl sites for hydroxylation is 1. The lowest BCUT2D eigenvalue weighted by Crippen LogP contribution is -2.30. The fourth-order valence-corrected chi connectivity index (χ4v) is 2.99. The van der Waals surface area contributed by atoms with E-state index in [1.807, 2.05) is 79.2 Å². The van der Waals surface area contributed by atoms with Gasteiger partial charge in [0.1, 0.15) is 6.61 Å². The van der Waals surface area contributed by atoms with E-state index in [4.69, 9.17) is 4.74 Å². The fourth-order valence-electron chi connectivity index (χ4n) is 2.99. The minimum Gasteiger partial charge on any atom is -0.367 e. The van der Waals surface area contributed by atoms with Crippen LogP contribution < -0.4 is 0 Å². The SMILES string of the molecule is Cc1nn(-c2ccccc2)c(C)c1CN(C)C(=O)COCc1ccccc1. The van der Waals surface area contributed by atoms with E-state index in [0.29, 0.717) is 13.2 Å². The molecule has 0 bridgehead atoms. The smallest absolute Gasteiger partial charge is 0.248 e. The number of likely N-dealkylation sites (N-methyl/N-ethyl adjacent to an activating group) is 1. The van der Waals surface area contributed by atoms with Gasteiger partial charge in [-0.05, 0) is 31.5 Å². The second-order valence-corrected chi connectivity index (χ2v) is 6.62. The standard InChI is InChI=1S/C22H25N3O2/c1-17-21(18(2)25(23-17)20-12-8-5-9-13-20)14-24(3)22(26)16-27-15-19-10-6-4-7-11-19/h4-13H,14-16H2,1-3H3. The average Bonchev–Trinajstić information content (AvgIpc) is 2.97. The van der Waals surface area contributed by atoms with Gasteiger partial charge in [0.15, 0.2) is 0 Å². The highest BCUT2D eigenvalue weighted by Crippen LogP contribution is 2.19. The summed E-state index contributed by atoms with van der Waals surface area (Å²) in [5.41, 5.74) is 5.12. The van der Waals surface area contributed by atoms with E-state index in [1.54, 1.807) is 11.9 Å². The van der Waals surface area contributed by atoms with Gasteiger partial charge >= 0.3 is 0 Å². The van der Waals surface area contributed by atoms with Crippen LogP contribution in [0.4, 0.5) is 0 Å². The molecule has 5 heteroatoms. The Bertz CT molecular complexity index is 889. The lowest BCUT2D eigenvalue weighted by Gasteiger charge is -2.17. The molecular formula is C22H25N3O2. The van der Waals surface area contributed by atoms with Gasteiger partial charge in [-0.3, -0.25) is 4.79 Å². The lowest BCUT2D eigenvalue weighted by atomic mass is 10.2. The third-order valence-corrected chi connectivity index (χ3v) is 4.60. The van der Waals surface area contributed by atoms with Gasteiger partial charge in [-0.15, -0.1) is 0 Å². The molecular weight excluding hydrogens is 338 g/mol. The van der Waals surface area contributed by atoms with Crippen LogP contribution in [-0.4, -0.2) is 34.2 Å². The van der Waals surface area contributed by atoms with Crippen molar-refractivity contribution in [1.29, 1.82) is 0 Å². The molecule has 0 unspecified atom stereocenters. The molecule has 0 fully saturated rings. The van der Waals surface area contributed by atoms with Crippen molar-refractivity contribution in [3.63, 3.8) is 0 Å². The van der Waals surface area contributed by atoms with Crippen LogP contribution in [0.15, 0.2) is 60.7 Å². The zero-order valence-electron chi connectivity index (χ0n) is 16.1. The Morgan fingerprint density at radius 3 is 2.33 bits per heavy atom. The van der Waals surface area contributed by atoms with Crippen LogP contribution >= 0.6 is 0 Å². The van der Waals surface area contributed by atoms with E-state index in [2.05, 4.69) is 5.10 Å². The van der Waals surface area contributed by atoms with E-state index in [1.165, 1.54) is 0 Å². The van der Waals surface area contributed by atoms with Crippen molar-refractivity contribution in [3.8, 4) is 5.69 Å². The summed E-state index contributed by atoms with van der Waals surface area (Å²) in [6.45, 7) is 5.03. The molecule has 27 heavy (non-hydrogen) atoms. The molecule has 2 aromatic carbocycles. The summed E-state index contributed by atoms with van der Waals surface area (Å²) in [4.78, 5) is 14.1. The van der Waals surface area contributed by atoms with Gasteiger partial charge in [-0.1, -0.05) is 48.5 Å². The number of amides is 1. The third-order valence-electron chi connectivity index (χ3n) is 4.60. The Morgan fingerprint density at radius 1 is 1.04 bits per heavy atom. The van der Waals surface area contributed by atoms with Crippen LogP contribution in [-0.2, 0) is 22.7 Å². The summed E-state index contributed by atoms with van der Waals surface area (Å²) in [7, 11) is 1.80. The summed E-state index contributed by atoms with van der Waals surface area (Å²) in [6, 6.07) is 19.9. The van der Waals surface area contributed by atoms with Crippen LogP contribution in [0.1, 0.15) is 22.5 Å².